The summed E-state index contributed by atoms with van der Waals surface area (Å²) in [6.45, 7) is 5.71. The monoisotopic (exact) mass is 343 g/mol. The Morgan fingerprint density at radius 2 is 2.00 bits per heavy atom. The predicted molar refractivity (Wildman–Crippen MR) is 96.1 cm³/mol. The highest BCUT2D eigenvalue weighted by Crippen LogP contribution is 2.11. The third-order valence-electron chi connectivity index (χ3n) is 4.12. The van der Waals surface area contributed by atoms with Crippen LogP contribution < -0.4 is 5.32 Å². The number of rotatable bonds is 8. The molecule has 25 heavy (non-hydrogen) atoms. The molecule has 0 spiro atoms. The van der Waals surface area contributed by atoms with Gasteiger partial charge in [-0.05, 0) is 32.3 Å². The molecule has 6 heteroatoms. The van der Waals surface area contributed by atoms with Crippen LogP contribution in [0.2, 0.25) is 0 Å². The van der Waals surface area contributed by atoms with Gasteiger partial charge in [-0.15, -0.1) is 0 Å². The Labute approximate surface area is 148 Å². The molecule has 1 unspecified atom stereocenters. The fourth-order valence-electron chi connectivity index (χ4n) is 2.51. The fourth-order valence-corrected chi connectivity index (χ4v) is 2.51. The summed E-state index contributed by atoms with van der Waals surface area (Å²) in [5.74, 6) is 0.683. The quantitative estimate of drug-likeness (QED) is 0.799. The van der Waals surface area contributed by atoms with E-state index in [2.05, 4.69) is 10.5 Å². The number of aromatic nitrogens is 1. The lowest BCUT2D eigenvalue weighted by molar-refractivity contribution is -0.136. The second-order valence-corrected chi connectivity index (χ2v) is 6.14. The molecule has 1 atom stereocenters. The van der Waals surface area contributed by atoms with Crippen molar-refractivity contribution < 1.29 is 14.1 Å². The maximum Gasteiger partial charge on any atom is 0.245 e. The van der Waals surface area contributed by atoms with E-state index in [1.165, 1.54) is 0 Å². The molecule has 2 amide bonds. The van der Waals surface area contributed by atoms with Crippen LogP contribution in [0.4, 0.5) is 5.82 Å². The lowest BCUT2D eigenvalue weighted by Crippen LogP contribution is -2.43. The van der Waals surface area contributed by atoms with Gasteiger partial charge in [-0.25, -0.2) is 0 Å². The second-order valence-electron chi connectivity index (χ2n) is 6.14. The Kier molecular flexibility index (Phi) is 6.74. The van der Waals surface area contributed by atoms with E-state index in [0.717, 1.165) is 12.0 Å². The molecule has 0 aliphatic rings. The van der Waals surface area contributed by atoms with Gasteiger partial charge in [0.15, 0.2) is 5.82 Å². The molecule has 1 aromatic carbocycles. The Morgan fingerprint density at radius 1 is 1.28 bits per heavy atom. The van der Waals surface area contributed by atoms with Gasteiger partial charge in [0.1, 0.15) is 12.3 Å². The number of aryl methyl sites for hydroxylation is 2. The van der Waals surface area contributed by atoms with Crippen molar-refractivity contribution in [2.24, 2.45) is 0 Å². The SMILES string of the molecule is CCC(C)N(CC(=O)Nc1cc(C)on1)C(=O)CCc1ccccc1. The maximum absolute atomic E-state index is 12.6. The van der Waals surface area contributed by atoms with E-state index in [1.54, 1.807) is 17.9 Å². The molecule has 0 radical (unpaired) electrons. The number of amides is 2. The van der Waals surface area contributed by atoms with E-state index in [0.29, 0.717) is 24.4 Å². The summed E-state index contributed by atoms with van der Waals surface area (Å²) in [7, 11) is 0. The van der Waals surface area contributed by atoms with Crippen molar-refractivity contribution in [3.8, 4) is 0 Å². The number of benzene rings is 1. The zero-order valence-corrected chi connectivity index (χ0v) is 15.0. The van der Waals surface area contributed by atoms with Crippen molar-refractivity contribution in [2.45, 2.75) is 46.1 Å². The molecule has 0 saturated carbocycles. The van der Waals surface area contributed by atoms with E-state index in [4.69, 9.17) is 4.52 Å². The molecule has 134 valence electrons. The topological polar surface area (TPSA) is 75.4 Å². The molecular formula is C19H25N3O3. The van der Waals surface area contributed by atoms with Crippen LogP contribution in [0, 0.1) is 6.92 Å². The van der Waals surface area contributed by atoms with Gasteiger partial charge in [0.2, 0.25) is 11.8 Å². The van der Waals surface area contributed by atoms with Crippen LogP contribution in [0.15, 0.2) is 40.9 Å². The third-order valence-corrected chi connectivity index (χ3v) is 4.12. The van der Waals surface area contributed by atoms with E-state index in [-0.39, 0.29) is 24.4 Å². The van der Waals surface area contributed by atoms with Crippen molar-refractivity contribution in [2.75, 3.05) is 11.9 Å². The van der Waals surface area contributed by atoms with Crippen LogP contribution >= 0.6 is 0 Å². The molecule has 6 nitrogen and oxygen atoms in total. The van der Waals surface area contributed by atoms with Crippen LogP contribution in [-0.2, 0) is 16.0 Å². The Balaban J connectivity index is 1.94. The van der Waals surface area contributed by atoms with Gasteiger partial charge in [-0.1, -0.05) is 42.4 Å². The number of carbonyl (C=O) groups excluding carboxylic acids is 2. The van der Waals surface area contributed by atoms with Gasteiger partial charge in [0.05, 0.1) is 0 Å². The first-order valence-corrected chi connectivity index (χ1v) is 8.56. The molecule has 2 rings (SSSR count). The Bertz CT molecular complexity index is 697. The summed E-state index contributed by atoms with van der Waals surface area (Å²) in [5.41, 5.74) is 1.11. The zero-order chi connectivity index (χ0) is 18.2. The predicted octanol–water partition coefficient (Wildman–Crippen LogP) is 3.18. The van der Waals surface area contributed by atoms with Crippen molar-refractivity contribution in [1.29, 1.82) is 0 Å². The molecule has 1 heterocycles. The minimum Gasteiger partial charge on any atom is -0.360 e. The fraction of sp³-hybridized carbons (Fsp3) is 0.421. The summed E-state index contributed by atoms with van der Waals surface area (Å²) in [5, 5.41) is 6.40. The van der Waals surface area contributed by atoms with Crippen LogP contribution in [0.1, 0.15) is 38.0 Å². The first-order chi connectivity index (χ1) is 12.0. The molecule has 0 saturated heterocycles. The smallest absolute Gasteiger partial charge is 0.245 e. The number of nitrogens with zero attached hydrogens (tertiary/aromatic N) is 2. The minimum absolute atomic E-state index is 0.00642. The van der Waals surface area contributed by atoms with Crippen LogP contribution in [0.5, 0.6) is 0 Å². The Hall–Kier alpha value is -2.63. The summed E-state index contributed by atoms with van der Waals surface area (Å²) >= 11 is 0. The summed E-state index contributed by atoms with van der Waals surface area (Å²) in [6.07, 6.45) is 1.83. The number of nitrogens with one attached hydrogen (secondary N) is 1. The summed E-state index contributed by atoms with van der Waals surface area (Å²) < 4.78 is 4.93. The lowest BCUT2D eigenvalue weighted by atomic mass is 10.1. The number of hydrogen-bond acceptors (Lipinski definition) is 4. The van der Waals surface area contributed by atoms with E-state index in [1.807, 2.05) is 44.2 Å². The van der Waals surface area contributed by atoms with Gasteiger partial charge < -0.3 is 14.7 Å². The zero-order valence-electron chi connectivity index (χ0n) is 15.0. The van der Waals surface area contributed by atoms with E-state index >= 15 is 0 Å². The molecule has 0 fully saturated rings. The largest absolute Gasteiger partial charge is 0.360 e. The molecule has 0 bridgehead atoms. The number of hydrogen-bond donors (Lipinski definition) is 1. The van der Waals surface area contributed by atoms with Gasteiger partial charge >= 0.3 is 0 Å². The lowest BCUT2D eigenvalue weighted by Gasteiger charge is -2.28. The average Bonchev–Trinajstić information content (AvgIpc) is 3.02. The molecule has 0 aliphatic heterocycles. The Morgan fingerprint density at radius 3 is 2.60 bits per heavy atom. The average molecular weight is 343 g/mol. The van der Waals surface area contributed by atoms with Crippen molar-refractivity contribution in [3.63, 3.8) is 0 Å². The number of carbonyl (C=O) groups is 2. The first kappa shape index (κ1) is 18.7. The van der Waals surface area contributed by atoms with Crippen LogP contribution in [0.25, 0.3) is 0 Å². The second kappa shape index (κ2) is 9.01. The van der Waals surface area contributed by atoms with Crippen molar-refractivity contribution >= 4 is 17.6 Å². The standard InChI is InChI=1S/C19H25N3O3/c1-4-14(2)22(13-18(23)20-17-12-15(3)25-21-17)19(24)11-10-16-8-6-5-7-9-16/h5-9,12,14H,4,10-11,13H2,1-3H3,(H,20,21,23). The molecule has 0 aliphatic carbocycles. The minimum atomic E-state index is -0.276. The normalized spacial score (nSPS) is 11.8. The van der Waals surface area contributed by atoms with Crippen molar-refractivity contribution in [1.82, 2.24) is 10.1 Å². The molecule has 1 N–H and O–H groups in total. The van der Waals surface area contributed by atoms with Gasteiger partial charge in [0, 0.05) is 18.5 Å². The maximum atomic E-state index is 12.6. The first-order valence-electron chi connectivity index (χ1n) is 8.56. The summed E-state index contributed by atoms with van der Waals surface area (Å²) in [6, 6.07) is 11.5. The van der Waals surface area contributed by atoms with E-state index < -0.39 is 0 Å². The van der Waals surface area contributed by atoms with Gasteiger partial charge in [-0.2, -0.15) is 0 Å². The molecule has 1 aromatic heterocycles. The summed E-state index contributed by atoms with van der Waals surface area (Å²) in [4.78, 5) is 26.5. The molecular weight excluding hydrogens is 318 g/mol. The van der Waals surface area contributed by atoms with Crippen LogP contribution in [-0.4, -0.2) is 34.5 Å². The van der Waals surface area contributed by atoms with Crippen LogP contribution in [0.3, 0.4) is 0 Å². The molecule has 2 aromatic rings. The highest BCUT2D eigenvalue weighted by atomic mass is 16.5. The van der Waals surface area contributed by atoms with Gasteiger partial charge in [-0.3, -0.25) is 9.59 Å². The highest BCUT2D eigenvalue weighted by Gasteiger charge is 2.22. The highest BCUT2D eigenvalue weighted by molar-refractivity contribution is 5.93. The van der Waals surface area contributed by atoms with E-state index in [9.17, 15) is 9.59 Å². The third kappa shape index (κ3) is 5.74. The number of anilines is 1. The van der Waals surface area contributed by atoms with Crippen molar-refractivity contribution in [3.05, 3.63) is 47.7 Å². The van der Waals surface area contributed by atoms with Gasteiger partial charge in [0.25, 0.3) is 0 Å².